The van der Waals surface area contributed by atoms with Crippen LogP contribution in [0, 0.1) is 0 Å². The fourth-order valence-electron chi connectivity index (χ4n) is 11.9. The molecule has 10 aromatic carbocycles. The summed E-state index contributed by atoms with van der Waals surface area (Å²) < 4.78 is 0. The Balaban J connectivity index is 1.16. The molecule has 2 aliphatic rings. The molecule has 1 unspecified atom stereocenters. The highest BCUT2D eigenvalue weighted by Crippen LogP contribution is 2.54. The van der Waals surface area contributed by atoms with Gasteiger partial charge in [-0.2, -0.15) is 0 Å². The Kier molecular flexibility index (Phi) is 10.4. The lowest BCUT2D eigenvalue weighted by Gasteiger charge is -2.39. The summed E-state index contributed by atoms with van der Waals surface area (Å²) in [6, 6.07) is 84.6. The average molecular weight is 886 g/mol. The second-order valence-electron chi connectivity index (χ2n) is 20.4. The van der Waals surface area contributed by atoms with Crippen molar-refractivity contribution in [3.8, 4) is 44.5 Å². The first-order valence-electron chi connectivity index (χ1n) is 24.8. The van der Waals surface area contributed by atoms with Crippen molar-refractivity contribution < 1.29 is 0 Å². The van der Waals surface area contributed by atoms with Crippen LogP contribution in [0.4, 0.5) is 17.1 Å². The van der Waals surface area contributed by atoms with E-state index in [1.165, 1.54) is 117 Å². The summed E-state index contributed by atoms with van der Waals surface area (Å²) in [5.74, 6) is 0.263. The Morgan fingerprint density at radius 1 is 0.406 bits per heavy atom. The summed E-state index contributed by atoms with van der Waals surface area (Å²) in [7, 11) is 0.788. The van der Waals surface area contributed by atoms with E-state index in [0.717, 1.165) is 13.7 Å². The van der Waals surface area contributed by atoms with Crippen molar-refractivity contribution in [3.05, 3.63) is 258 Å². The van der Waals surface area contributed by atoms with Crippen molar-refractivity contribution in [1.82, 2.24) is 0 Å². The summed E-state index contributed by atoms with van der Waals surface area (Å²) in [6.45, 7) is 11.7. The predicted octanol–water partition coefficient (Wildman–Crippen LogP) is 16.2. The summed E-state index contributed by atoms with van der Waals surface area (Å²) in [4.78, 5) is 2.62. The molecule has 12 rings (SSSR count). The van der Waals surface area contributed by atoms with E-state index in [9.17, 15) is 0 Å². The average Bonchev–Trinajstić information content (AvgIpc) is 3.74. The molecular formula is C67H56BN. The first-order valence-corrected chi connectivity index (χ1v) is 24.8. The maximum Gasteiger partial charge on any atom is 0.198 e. The van der Waals surface area contributed by atoms with Gasteiger partial charge in [-0.1, -0.05) is 227 Å². The fraction of sp³-hybridized carbons (Fsp3) is 0.134. The molecule has 69 heavy (non-hydrogen) atoms. The van der Waals surface area contributed by atoms with E-state index in [0.29, 0.717) is 0 Å². The monoisotopic (exact) mass is 885 g/mol. The van der Waals surface area contributed by atoms with Crippen LogP contribution in [-0.4, -0.2) is 7.28 Å². The fourth-order valence-corrected chi connectivity index (χ4v) is 11.9. The first-order chi connectivity index (χ1) is 33.7. The molecule has 1 aliphatic heterocycles. The molecular weight excluding hydrogens is 830 g/mol. The minimum Gasteiger partial charge on any atom is -0.311 e. The third-order valence-corrected chi connectivity index (χ3v) is 15.5. The smallest absolute Gasteiger partial charge is 0.198 e. The van der Waals surface area contributed by atoms with Gasteiger partial charge >= 0.3 is 0 Å². The van der Waals surface area contributed by atoms with Gasteiger partial charge in [0.05, 0.1) is 5.69 Å². The van der Waals surface area contributed by atoms with Gasteiger partial charge in [-0.25, -0.2) is 0 Å². The lowest BCUT2D eigenvalue weighted by atomic mass is 9.56. The number of fused-ring (bicyclic) bond motifs is 7. The van der Waals surface area contributed by atoms with Crippen molar-refractivity contribution in [2.75, 3.05) is 4.90 Å². The van der Waals surface area contributed by atoms with Gasteiger partial charge in [-0.3, -0.25) is 0 Å². The highest BCUT2D eigenvalue weighted by molar-refractivity contribution is 6.73. The normalized spacial score (nSPS) is 13.9. The molecule has 332 valence electrons. The molecule has 1 atom stereocenters. The maximum atomic E-state index is 2.62. The van der Waals surface area contributed by atoms with E-state index in [4.69, 9.17) is 0 Å². The molecule has 0 radical (unpaired) electrons. The van der Waals surface area contributed by atoms with Crippen LogP contribution in [0.1, 0.15) is 80.3 Å². The van der Waals surface area contributed by atoms with Crippen LogP contribution >= 0.6 is 0 Å². The summed E-state index contributed by atoms with van der Waals surface area (Å²) in [5.41, 5.74) is 24.2. The van der Waals surface area contributed by atoms with E-state index < -0.39 is 5.41 Å². The molecule has 0 saturated carbocycles. The summed E-state index contributed by atoms with van der Waals surface area (Å²) in [5, 5.41) is 2.67. The second-order valence-corrected chi connectivity index (χ2v) is 20.4. The van der Waals surface area contributed by atoms with Crippen LogP contribution in [-0.2, 0) is 10.8 Å². The summed E-state index contributed by atoms with van der Waals surface area (Å²) in [6.07, 6.45) is 1.02. The van der Waals surface area contributed by atoms with Gasteiger partial charge < -0.3 is 4.90 Å². The maximum absolute atomic E-state index is 2.62. The number of hydrogen-bond acceptors (Lipinski definition) is 1. The topological polar surface area (TPSA) is 3.24 Å². The van der Waals surface area contributed by atoms with Gasteiger partial charge in [0, 0.05) is 28.3 Å². The van der Waals surface area contributed by atoms with Crippen LogP contribution < -0.4 is 15.8 Å². The van der Waals surface area contributed by atoms with Gasteiger partial charge in [-0.15, -0.1) is 0 Å². The number of anilines is 3. The largest absolute Gasteiger partial charge is 0.311 e. The Morgan fingerprint density at radius 2 is 0.986 bits per heavy atom. The van der Waals surface area contributed by atoms with E-state index in [2.05, 4.69) is 264 Å². The molecule has 10 aromatic rings. The summed E-state index contributed by atoms with van der Waals surface area (Å²) >= 11 is 0. The SMILES string of the molecule is CCC1c2c(-c3cc(-c4ccccc4)cc4c3Bc3cc(C(C)(c5ccccc5)c5ccccc5)ccc3N4c3ccc(C(C)(C)C)cc3-c3ccccc3)cccc2-c2ccc3ccccc3c21. The van der Waals surface area contributed by atoms with Crippen molar-refractivity contribution >= 4 is 46.0 Å². The third-order valence-electron chi connectivity index (χ3n) is 15.5. The van der Waals surface area contributed by atoms with Gasteiger partial charge in [0.25, 0.3) is 0 Å². The predicted molar refractivity (Wildman–Crippen MR) is 296 cm³/mol. The van der Waals surface area contributed by atoms with E-state index in [-0.39, 0.29) is 11.3 Å². The van der Waals surface area contributed by atoms with Crippen molar-refractivity contribution in [1.29, 1.82) is 0 Å². The lowest BCUT2D eigenvalue weighted by molar-refractivity contribution is 0.590. The zero-order chi connectivity index (χ0) is 46.9. The number of rotatable bonds is 8. The molecule has 0 bridgehead atoms. The second kappa shape index (κ2) is 16.8. The highest BCUT2D eigenvalue weighted by atomic mass is 15.2. The lowest BCUT2D eigenvalue weighted by Crippen LogP contribution is -2.42. The first kappa shape index (κ1) is 42.7. The molecule has 0 saturated heterocycles. The number of hydrogen-bond donors (Lipinski definition) is 0. The number of benzene rings is 10. The minimum atomic E-state index is -0.393. The van der Waals surface area contributed by atoms with E-state index >= 15 is 0 Å². The third kappa shape index (κ3) is 7.07. The minimum absolute atomic E-state index is 0.0337. The molecule has 2 heteroatoms. The van der Waals surface area contributed by atoms with Crippen molar-refractivity contribution in [2.45, 2.75) is 57.8 Å². The molecule has 0 N–H and O–H groups in total. The van der Waals surface area contributed by atoms with Gasteiger partial charge in [0.1, 0.15) is 0 Å². The Labute approximate surface area is 409 Å². The molecule has 0 amide bonds. The standard InChI is InChI=1S/C67H56BN/c1-6-52-63-53-31-20-19-26-46(53)34-37-56(63)54-32-21-33-55(64(52)54)58-40-47(44-22-11-7-12-23-44)41-62-65(58)68-59-43-51(67(5,48-27-15-9-16-28-48)49-29-17-10-18-30-49)36-39-61(59)69(62)60-38-35-50(66(2,3)4)42-57(60)45-24-13-8-14-25-45/h7-43,52,68H,6H2,1-5H3. The van der Waals surface area contributed by atoms with Crippen molar-refractivity contribution in [3.63, 3.8) is 0 Å². The van der Waals surface area contributed by atoms with E-state index in [1.54, 1.807) is 0 Å². The quantitative estimate of drug-likeness (QED) is 0.109. The van der Waals surface area contributed by atoms with Crippen LogP contribution in [0.5, 0.6) is 0 Å². The van der Waals surface area contributed by atoms with Crippen LogP contribution in [0.2, 0.25) is 0 Å². The van der Waals surface area contributed by atoms with Gasteiger partial charge in [0.2, 0.25) is 0 Å². The van der Waals surface area contributed by atoms with Crippen molar-refractivity contribution in [2.24, 2.45) is 0 Å². The Bertz CT molecular complexity index is 3510. The molecule has 1 nitrogen and oxygen atoms in total. The molecule has 0 fully saturated rings. The zero-order valence-corrected chi connectivity index (χ0v) is 40.3. The zero-order valence-electron chi connectivity index (χ0n) is 40.3. The molecule has 0 aromatic heterocycles. The van der Waals surface area contributed by atoms with Gasteiger partial charge in [0.15, 0.2) is 7.28 Å². The Hall–Kier alpha value is -7.68. The van der Waals surface area contributed by atoms with Crippen LogP contribution in [0.3, 0.4) is 0 Å². The number of nitrogens with zero attached hydrogens (tertiary/aromatic N) is 1. The molecule has 1 heterocycles. The molecule has 0 spiro atoms. The van der Waals surface area contributed by atoms with Gasteiger partial charge in [-0.05, 0) is 138 Å². The Morgan fingerprint density at radius 3 is 1.65 bits per heavy atom. The van der Waals surface area contributed by atoms with E-state index in [1.807, 2.05) is 0 Å². The molecule has 1 aliphatic carbocycles. The van der Waals surface area contributed by atoms with Crippen LogP contribution in [0.25, 0.3) is 55.3 Å². The van der Waals surface area contributed by atoms with Crippen LogP contribution in [0.15, 0.2) is 224 Å². The highest BCUT2D eigenvalue weighted by Gasteiger charge is 2.37.